The van der Waals surface area contributed by atoms with Crippen LogP contribution in [0.15, 0.2) is 91.0 Å². The number of carbonyl (C=O) groups excluding carboxylic acids is 2. The molecule has 1 unspecified atom stereocenters. The highest BCUT2D eigenvalue weighted by atomic mass is 19.4. The standard InChI is InChI=1S/C40H45F3N4O4/c1-26-8-6-9-33(20-26)46(5)32-18-14-30(15-19-32)23-45(4)24-36-27(2)22-47(28(3)25-48)39(50)34-10-7-11-35(38(34)51-36)44-37(49)21-29-12-16-31(17-13-29)40(41,42)43/h6-20,27-28,36,48H,21-25H2,1-5H3,(H,44,49)/t27-,28?,36-/m1/s1. The number of amides is 2. The van der Waals surface area contributed by atoms with Gasteiger partial charge in [-0.25, -0.2) is 0 Å². The van der Waals surface area contributed by atoms with Gasteiger partial charge >= 0.3 is 6.18 Å². The predicted octanol–water partition coefficient (Wildman–Crippen LogP) is 7.32. The van der Waals surface area contributed by atoms with Gasteiger partial charge in [0.05, 0.1) is 35.9 Å². The van der Waals surface area contributed by atoms with Crippen molar-refractivity contribution in [2.45, 2.75) is 52.1 Å². The van der Waals surface area contributed by atoms with Gasteiger partial charge in [-0.3, -0.25) is 14.5 Å². The number of hydrogen-bond donors (Lipinski definition) is 2. The number of aryl methyl sites for hydroxylation is 1. The number of nitrogens with zero attached hydrogens (tertiary/aromatic N) is 3. The highest BCUT2D eigenvalue weighted by molar-refractivity contribution is 6.02. The summed E-state index contributed by atoms with van der Waals surface area (Å²) in [6.07, 6.45) is -5.06. The number of nitrogens with one attached hydrogen (secondary N) is 1. The summed E-state index contributed by atoms with van der Waals surface area (Å²) < 4.78 is 45.7. The number of aliphatic hydroxyl groups is 1. The van der Waals surface area contributed by atoms with Crippen LogP contribution in [0.25, 0.3) is 0 Å². The molecule has 0 spiro atoms. The Morgan fingerprint density at radius 1 is 0.980 bits per heavy atom. The van der Waals surface area contributed by atoms with Crippen LogP contribution in [0.3, 0.4) is 0 Å². The van der Waals surface area contributed by atoms with E-state index in [2.05, 4.69) is 64.5 Å². The molecule has 0 aromatic heterocycles. The fourth-order valence-electron chi connectivity index (χ4n) is 6.25. The van der Waals surface area contributed by atoms with Gasteiger partial charge in [-0.05, 0) is 86.1 Å². The molecule has 0 radical (unpaired) electrons. The van der Waals surface area contributed by atoms with Crippen LogP contribution in [0.1, 0.15) is 46.5 Å². The molecular formula is C40H45F3N4O4. The Bertz CT molecular complexity index is 1810. The van der Waals surface area contributed by atoms with Crippen molar-refractivity contribution >= 4 is 28.9 Å². The van der Waals surface area contributed by atoms with Gasteiger partial charge in [0.1, 0.15) is 6.10 Å². The van der Waals surface area contributed by atoms with Gasteiger partial charge in [-0.15, -0.1) is 0 Å². The number of fused-ring (bicyclic) bond motifs is 1. The Morgan fingerprint density at radius 3 is 2.29 bits per heavy atom. The van der Waals surface area contributed by atoms with E-state index in [4.69, 9.17) is 4.74 Å². The third kappa shape index (κ3) is 9.28. The van der Waals surface area contributed by atoms with Gasteiger partial charge in [0.2, 0.25) is 5.91 Å². The Balaban J connectivity index is 1.34. The maximum Gasteiger partial charge on any atom is 0.416 e. The Morgan fingerprint density at radius 2 is 1.65 bits per heavy atom. The number of rotatable bonds is 11. The van der Waals surface area contributed by atoms with E-state index in [0.717, 1.165) is 29.1 Å². The molecule has 1 heterocycles. The number of ether oxygens (including phenoxy) is 1. The molecule has 1 aliphatic heterocycles. The summed E-state index contributed by atoms with van der Waals surface area (Å²) in [5, 5.41) is 12.9. The van der Waals surface area contributed by atoms with E-state index in [9.17, 15) is 27.9 Å². The fraction of sp³-hybridized carbons (Fsp3) is 0.350. The second-order valence-corrected chi connectivity index (χ2v) is 13.5. The second kappa shape index (κ2) is 16.0. The molecular weight excluding hydrogens is 657 g/mol. The number of likely N-dealkylation sites (N-methyl/N-ethyl adjacent to an activating group) is 1. The molecule has 270 valence electrons. The van der Waals surface area contributed by atoms with Gasteiger partial charge in [0.15, 0.2) is 5.75 Å². The summed E-state index contributed by atoms with van der Waals surface area (Å²) in [6.45, 7) is 7.10. The Hall–Kier alpha value is -4.87. The summed E-state index contributed by atoms with van der Waals surface area (Å²) in [5.41, 5.74) is 4.61. The maximum atomic E-state index is 13.8. The average Bonchev–Trinajstić information content (AvgIpc) is 3.09. The number of carbonyl (C=O) groups is 2. The minimum atomic E-state index is -4.47. The van der Waals surface area contributed by atoms with Crippen molar-refractivity contribution in [1.82, 2.24) is 9.80 Å². The number of hydrogen-bond acceptors (Lipinski definition) is 6. The molecule has 0 bridgehead atoms. The lowest BCUT2D eigenvalue weighted by Crippen LogP contribution is -2.49. The lowest BCUT2D eigenvalue weighted by molar-refractivity contribution is -0.137. The monoisotopic (exact) mass is 702 g/mol. The third-order valence-electron chi connectivity index (χ3n) is 9.27. The van der Waals surface area contributed by atoms with Crippen LogP contribution in [-0.2, 0) is 23.9 Å². The van der Waals surface area contributed by atoms with Crippen molar-refractivity contribution in [1.29, 1.82) is 0 Å². The van der Waals surface area contributed by atoms with Crippen LogP contribution >= 0.6 is 0 Å². The van der Waals surface area contributed by atoms with Crippen molar-refractivity contribution in [2.24, 2.45) is 5.92 Å². The molecule has 5 rings (SSSR count). The smallest absolute Gasteiger partial charge is 0.416 e. The first-order chi connectivity index (χ1) is 24.2. The van der Waals surface area contributed by atoms with Crippen LogP contribution in [-0.4, -0.2) is 72.7 Å². The number of halogens is 3. The highest BCUT2D eigenvalue weighted by Crippen LogP contribution is 2.35. The van der Waals surface area contributed by atoms with Gasteiger partial charge in [-0.2, -0.15) is 13.2 Å². The number of alkyl halides is 3. The first-order valence-electron chi connectivity index (χ1n) is 17.0. The van der Waals surface area contributed by atoms with Crippen molar-refractivity contribution < 1.29 is 32.6 Å². The summed E-state index contributed by atoms with van der Waals surface area (Å²) >= 11 is 0. The first kappa shape index (κ1) is 37.4. The minimum absolute atomic E-state index is 0.153. The fourth-order valence-corrected chi connectivity index (χ4v) is 6.25. The molecule has 3 atom stereocenters. The van der Waals surface area contributed by atoms with E-state index in [-0.39, 0.29) is 41.9 Å². The van der Waals surface area contributed by atoms with Gasteiger partial charge in [-0.1, -0.05) is 49.4 Å². The van der Waals surface area contributed by atoms with Gasteiger partial charge in [0.25, 0.3) is 5.91 Å². The molecule has 2 N–H and O–H groups in total. The molecule has 0 saturated carbocycles. The second-order valence-electron chi connectivity index (χ2n) is 13.5. The predicted molar refractivity (Wildman–Crippen MR) is 193 cm³/mol. The molecule has 4 aromatic carbocycles. The maximum absolute atomic E-state index is 13.8. The Labute approximate surface area is 297 Å². The largest absolute Gasteiger partial charge is 0.486 e. The third-order valence-corrected chi connectivity index (χ3v) is 9.27. The molecule has 0 fully saturated rings. The number of benzene rings is 4. The molecule has 2 amide bonds. The molecule has 11 heteroatoms. The lowest BCUT2D eigenvalue weighted by atomic mass is 9.98. The SMILES string of the molecule is Cc1cccc(N(C)c2ccc(CN(C)C[C@H]3Oc4c(NC(=O)Cc5ccc(C(F)(F)F)cc5)cccc4C(=O)N(C(C)CO)C[C@H]3C)cc2)c1. The molecule has 1 aliphatic rings. The number of anilines is 3. The van der Waals surface area contributed by atoms with Crippen molar-refractivity contribution in [3.63, 3.8) is 0 Å². The summed E-state index contributed by atoms with van der Waals surface area (Å²) in [4.78, 5) is 32.9. The molecule has 0 saturated heterocycles. The number of para-hydroxylation sites is 1. The van der Waals surface area contributed by atoms with Crippen LogP contribution in [0.4, 0.5) is 30.2 Å². The zero-order valence-electron chi connectivity index (χ0n) is 29.6. The summed E-state index contributed by atoms with van der Waals surface area (Å²) in [6, 6.07) is 25.6. The zero-order valence-corrected chi connectivity index (χ0v) is 29.6. The van der Waals surface area contributed by atoms with E-state index >= 15 is 0 Å². The van der Waals surface area contributed by atoms with Crippen molar-refractivity contribution in [3.05, 3.63) is 119 Å². The van der Waals surface area contributed by atoms with E-state index in [0.29, 0.717) is 25.2 Å². The Kier molecular flexibility index (Phi) is 11.7. The quantitative estimate of drug-likeness (QED) is 0.171. The minimum Gasteiger partial charge on any atom is -0.486 e. The van der Waals surface area contributed by atoms with Crippen LogP contribution < -0.4 is 15.0 Å². The normalized spacial score (nSPS) is 16.9. The molecule has 8 nitrogen and oxygen atoms in total. The van der Waals surface area contributed by atoms with E-state index in [1.54, 1.807) is 30.0 Å². The van der Waals surface area contributed by atoms with Crippen LogP contribution in [0, 0.1) is 12.8 Å². The van der Waals surface area contributed by atoms with E-state index < -0.39 is 29.8 Å². The summed E-state index contributed by atoms with van der Waals surface area (Å²) in [5.74, 6) is -0.744. The lowest BCUT2D eigenvalue weighted by Gasteiger charge is -2.38. The van der Waals surface area contributed by atoms with Crippen LogP contribution in [0.5, 0.6) is 5.75 Å². The van der Waals surface area contributed by atoms with Crippen molar-refractivity contribution in [3.8, 4) is 5.75 Å². The van der Waals surface area contributed by atoms with E-state index in [1.165, 1.54) is 17.7 Å². The molecule has 51 heavy (non-hydrogen) atoms. The first-order valence-corrected chi connectivity index (χ1v) is 17.0. The summed E-state index contributed by atoms with van der Waals surface area (Å²) in [7, 11) is 4.04. The van der Waals surface area contributed by atoms with Gasteiger partial charge < -0.3 is 25.0 Å². The molecule has 0 aliphatic carbocycles. The van der Waals surface area contributed by atoms with Crippen LogP contribution in [0.2, 0.25) is 0 Å². The van der Waals surface area contributed by atoms with Crippen molar-refractivity contribution in [2.75, 3.05) is 44.0 Å². The highest BCUT2D eigenvalue weighted by Gasteiger charge is 2.35. The average molecular weight is 703 g/mol. The van der Waals surface area contributed by atoms with Gasteiger partial charge in [0, 0.05) is 44.0 Å². The number of aliphatic hydroxyl groups excluding tert-OH is 1. The molecule has 4 aromatic rings. The van der Waals surface area contributed by atoms with E-state index in [1.807, 2.05) is 27.1 Å². The topological polar surface area (TPSA) is 85.4 Å². The zero-order chi connectivity index (χ0) is 36.9.